The van der Waals surface area contributed by atoms with Crippen molar-refractivity contribution >= 4 is 29.8 Å². The molecule has 3 aliphatic rings. The first-order chi connectivity index (χ1) is 27.3. The molecular weight excluding hydrogens is 732 g/mol. The van der Waals surface area contributed by atoms with E-state index in [1.807, 2.05) is 0 Å². The second-order valence-corrected chi connectivity index (χ2v) is 16.5. The van der Waals surface area contributed by atoms with Crippen LogP contribution in [0, 0.1) is 0 Å². The molecule has 0 aliphatic carbocycles. The van der Waals surface area contributed by atoms with Crippen molar-refractivity contribution < 1.29 is 57.1 Å². The number of esters is 5. The van der Waals surface area contributed by atoms with Crippen LogP contribution < -0.4 is 0 Å². The third-order valence-corrected chi connectivity index (χ3v) is 11.3. The number of unbranched alkanes of at least 4 members (excludes halogenated alkanes) is 11. The average Bonchev–Trinajstić information content (AvgIpc) is 3.89. The van der Waals surface area contributed by atoms with E-state index in [4.69, 9.17) is 33.2 Å². The Morgan fingerprint density at radius 2 is 1.05 bits per heavy atom. The van der Waals surface area contributed by atoms with Gasteiger partial charge in [0, 0.05) is 39.7 Å². The molecule has 12 nitrogen and oxygen atoms in total. The third kappa shape index (κ3) is 19.5. The van der Waals surface area contributed by atoms with Crippen molar-refractivity contribution in [3.8, 4) is 0 Å². The minimum Gasteiger partial charge on any atom is -0.462 e. The van der Waals surface area contributed by atoms with Gasteiger partial charge in [0.2, 0.25) is 0 Å². The molecule has 57 heavy (non-hydrogen) atoms. The Balaban J connectivity index is 1.45. The molecule has 0 saturated carbocycles. The molecule has 3 heterocycles. The highest BCUT2D eigenvalue weighted by Gasteiger charge is 2.40. The van der Waals surface area contributed by atoms with E-state index in [2.05, 4.69) is 6.92 Å². The third-order valence-electron chi connectivity index (χ3n) is 11.3. The summed E-state index contributed by atoms with van der Waals surface area (Å²) < 4.78 is 41.0. The van der Waals surface area contributed by atoms with Crippen LogP contribution in [-0.4, -0.2) is 84.8 Å². The Labute approximate surface area is 342 Å². The normalized spacial score (nSPS) is 23.9. The van der Waals surface area contributed by atoms with Gasteiger partial charge in [-0.05, 0) is 83.6 Å². The van der Waals surface area contributed by atoms with Gasteiger partial charge in [0.15, 0.2) is 0 Å². The van der Waals surface area contributed by atoms with Crippen molar-refractivity contribution in [3.63, 3.8) is 0 Å². The van der Waals surface area contributed by atoms with Gasteiger partial charge in [-0.3, -0.25) is 19.2 Å². The lowest BCUT2D eigenvalue weighted by Crippen LogP contribution is -2.37. The molecule has 9 atom stereocenters. The zero-order valence-electron chi connectivity index (χ0n) is 35.9. The summed E-state index contributed by atoms with van der Waals surface area (Å²) >= 11 is 0. The number of carbonyl (C=O) groups is 5. The highest BCUT2D eigenvalue weighted by molar-refractivity contribution is 5.91. The molecule has 0 aromatic carbocycles. The van der Waals surface area contributed by atoms with E-state index < -0.39 is 18.2 Å². The van der Waals surface area contributed by atoms with Crippen molar-refractivity contribution in [1.29, 1.82) is 0 Å². The molecule has 2 unspecified atom stereocenters. The van der Waals surface area contributed by atoms with Crippen LogP contribution in [0.5, 0.6) is 0 Å². The van der Waals surface area contributed by atoms with Crippen molar-refractivity contribution in [2.75, 3.05) is 0 Å². The SMILES string of the molecule is CCCCCCCCCCCC[C@@H](OC(C)=O)[C@H]1CC[C@@H]([C@H](CC[C@H](OC(C)=O)[C@@H]2CC[C@@H](CCCCCC(CC3=CC(C)OC3=O)OC(C)=O)O2)OC(C)=O)O1. The fraction of sp³-hybridized carbons (Fsp3) is 0.844. The van der Waals surface area contributed by atoms with Crippen molar-refractivity contribution in [2.45, 2.75) is 244 Å². The Morgan fingerprint density at radius 1 is 0.596 bits per heavy atom. The van der Waals surface area contributed by atoms with Gasteiger partial charge in [-0.25, -0.2) is 4.79 Å². The van der Waals surface area contributed by atoms with Gasteiger partial charge in [-0.15, -0.1) is 0 Å². The number of rotatable bonds is 29. The lowest BCUT2D eigenvalue weighted by Gasteiger charge is -2.29. The standard InChI is InChI=1S/C45H74O12/c1-7-8-9-10-11-12-13-14-15-19-22-39(53-33(4)47)43-27-28-44(57-43)41(55-35(6)49)26-25-40(54-34(5)48)42-24-23-37(56-42)20-17-16-18-21-38(52-32(3)46)30-36-29-31(2)51-45(36)50/h29,31,37-44H,7-28,30H2,1-6H3/t31?,37-,38?,39-,40+,41+,42+,43-,44+/m1/s1. The molecule has 3 rings (SSSR count). The number of ether oxygens (including phenoxy) is 7. The van der Waals surface area contributed by atoms with E-state index in [1.165, 1.54) is 79.1 Å². The highest BCUT2D eigenvalue weighted by Crippen LogP contribution is 2.34. The summed E-state index contributed by atoms with van der Waals surface area (Å²) in [7, 11) is 0. The van der Waals surface area contributed by atoms with Gasteiger partial charge in [0.1, 0.15) is 30.5 Å². The Kier molecular flexibility index (Phi) is 22.8. The number of carbonyl (C=O) groups excluding carboxylic acids is 5. The zero-order chi connectivity index (χ0) is 41.6. The molecule has 0 spiro atoms. The quantitative estimate of drug-likeness (QED) is 0.0403. The first-order valence-corrected chi connectivity index (χ1v) is 22.3. The van der Waals surface area contributed by atoms with Gasteiger partial charge in [-0.2, -0.15) is 0 Å². The maximum atomic E-state index is 12.2. The summed E-state index contributed by atoms with van der Waals surface area (Å²) in [4.78, 5) is 60.3. The van der Waals surface area contributed by atoms with Gasteiger partial charge in [0.05, 0.1) is 24.4 Å². The van der Waals surface area contributed by atoms with Crippen LogP contribution in [0.25, 0.3) is 0 Å². The Bertz CT molecular complexity index is 1260. The summed E-state index contributed by atoms with van der Waals surface area (Å²) in [5.74, 6) is -1.82. The fourth-order valence-corrected chi connectivity index (χ4v) is 8.60. The van der Waals surface area contributed by atoms with E-state index in [0.717, 1.165) is 57.8 Å². The molecule has 0 bridgehead atoms. The summed E-state index contributed by atoms with van der Waals surface area (Å²) in [5.41, 5.74) is 0.559. The van der Waals surface area contributed by atoms with Crippen LogP contribution in [0.2, 0.25) is 0 Å². The molecule has 326 valence electrons. The Morgan fingerprint density at radius 3 is 1.56 bits per heavy atom. The van der Waals surface area contributed by atoms with E-state index in [9.17, 15) is 24.0 Å². The molecule has 0 N–H and O–H groups in total. The monoisotopic (exact) mass is 807 g/mol. The van der Waals surface area contributed by atoms with Gasteiger partial charge >= 0.3 is 29.8 Å². The van der Waals surface area contributed by atoms with Crippen LogP contribution in [-0.2, 0) is 57.1 Å². The second-order valence-electron chi connectivity index (χ2n) is 16.5. The molecule has 3 aliphatic heterocycles. The molecule has 12 heteroatoms. The number of hydrogen-bond donors (Lipinski definition) is 0. The van der Waals surface area contributed by atoms with Crippen LogP contribution in [0.4, 0.5) is 0 Å². The van der Waals surface area contributed by atoms with Crippen LogP contribution >= 0.6 is 0 Å². The molecule has 2 saturated heterocycles. The first-order valence-electron chi connectivity index (χ1n) is 22.3. The molecule has 0 amide bonds. The maximum Gasteiger partial charge on any atom is 0.334 e. The van der Waals surface area contributed by atoms with Gasteiger partial charge in [-0.1, -0.05) is 77.6 Å². The topological polar surface area (TPSA) is 150 Å². The lowest BCUT2D eigenvalue weighted by molar-refractivity contribution is -0.167. The van der Waals surface area contributed by atoms with Gasteiger partial charge < -0.3 is 33.2 Å². The van der Waals surface area contributed by atoms with Crippen molar-refractivity contribution in [1.82, 2.24) is 0 Å². The van der Waals surface area contributed by atoms with E-state index in [-0.39, 0.29) is 66.6 Å². The Hall–Kier alpha value is -2.99. The molecule has 2 fully saturated rings. The predicted molar refractivity (Wildman–Crippen MR) is 215 cm³/mol. The smallest absolute Gasteiger partial charge is 0.334 e. The summed E-state index contributed by atoms with van der Waals surface area (Å²) in [6.07, 6.45) is 20.4. The first kappa shape index (κ1) is 48.4. The van der Waals surface area contributed by atoms with Gasteiger partial charge in [0.25, 0.3) is 0 Å². The highest BCUT2D eigenvalue weighted by atomic mass is 16.6. The fourth-order valence-electron chi connectivity index (χ4n) is 8.60. The predicted octanol–water partition coefficient (Wildman–Crippen LogP) is 9.11. The number of hydrogen-bond acceptors (Lipinski definition) is 12. The van der Waals surface area contributed by atoms with E-state index in [0.29, 0.717) is 44.1 Å². The largest absolute Gasteiger partial charge is 0.462 e. The number of cyclic esters (lactones) is 1. The zero-order valence-corrected chi connectivity index (χ0v) is 35.9. The summed E-state index contributed by atoms with van der Waals surface area (Å²) in [5, 5.41) is 0. The minimum absolute atomic E-state index is 0.0363. The molecular formula is C45H74O12. The summed E-state index contributed by atoms with van der Waals surface area (Å²) in [6.45, 7) is 9.65. The average molecular weight is 807 g/mol. The minimum atomic E-state index is -0.534. The molecule has 0 aromatic heterocycles. The summed E-state index contributed by atoms with van der Waals surface area (Å²) in [6, 6.07) is 0. The molecule has 0 aromatic rings. The second kappa shape index (κ2) is 26.9. The van der Waals surface area contributed by atoms with Crippen molar-refractivity contribution in [2.24, 2.45) is 0 Å². The van der Waals surface area contributed by atoms with Crippen LogP contribution in [0.15, 0.2) is 11.6 Å². The van der Waals surface area contributed by atoms with E-state index in [1.54, 1.807) is 13.0 Å². The van der Waals surface area contributed by atoms with E-state index >= 15 is 0 Å². The van der Waals surface area contributed by atoms with Crippen LogP contribution in [0.1, 0.15) is 189 Å². The lowest BCUT2D eigenvalue weighted by atomic mass is 9.98. The van der Waals surface area contributed by atoms with Crippen molar-refractivity contribution in [3.05, 3.63) is 11.6 Å². The maximum absolute atomic E-state index is 12.2. The molecule has 0 radical (unpaired) electrons. The van der Waals surface area contributed by atoms with Crippen LogP contribution in [0.3, 0.4) is 0 Å².